The second kappa shape index (κ2) is 6.67. The number of hydrogen-bond donors (Lipinski definition) is 0. The van der Waals surface area contributed by atoms with Crippen LogP contribution in [0.1, 0.15) is 5.56 Å². The van der Waals surface area contributed by atoms with Crippen LogP contribution in [-0.4, -0.2) is 14.1 Å². The Kier molecular flexibility index (Phi) is 5.13. The fraction of sp³-hybridized carbons (Fsp3) is 0.200. The maximum absolute atomic E-state index is 2.17. The van der Waals surface area contributed by atoms with E-state index in [4.69, 9.17) is 0 Å². The van der Waals surface area contributed by atoms with Gasteiger partial charge in [0.15, 0.2) is 0 Å². The van der Waals surface area contributed by atoms with Crippen LogP contribution in [0.5, 0.6) is 0 Å². The van der Waals surface area contributed by atoms with Crippen molar-refractivity contribution in [3.8, 4) is 0 Å². The van der Waals surface area contributed by atoms with E-state index in [1.165, 1.54) is 11.3 Å². The molecule has 84 valence electrons. The van der Waals surface area contributed by atoms with Crippen LogP contribution in [0.25, 0.3) is 0 Å². The van der Waals surface area contributed by atoms with Crippen molar-refractivity contribution in [1.82, 2.24) is 0 Å². The highest BCUT2D eigenvalue weighted by Gasteiger charge is 1.91. The maximum atomic E-state index is 2.17. The third kappa shape index (κ3) is 4.65. The zero-order valence-electron chi connectivity index (χ0n) is 10.2. The first-order chi connectivity index (χ1) is 7.70. The lowest BCUT2D eigenvalue weighted by Crippen LogP contribution is -2.08. The Bertz CT molecular complexity index is 366. The Balaban J connectivity index is 0.000000181. The van der Waals surface area contributed by atoms with Gasteiger partial charge < -0.3 is 4.90 Å². The van der Waals surface area contributed by atoms with Crippen LogP contribution in [0.3, 0.4) is 0 Å². The topological polar surface area (TPSA) is 3.24 Å². The van der Waals surface area contributed by atoms with Crippen LogP contribution in [-0.2, 0) is 0 Å². The molecule has 2 rings (SSSR count). The summed E-state index contributed by atoms with van der Waals surface area (Å²) in [5.41, 5.74) is 2.58. The summed E-state index contributed by atoms with van der Waals surface area (Å²) in [5, 5.41) is 0. The van der Waals surface area contributed by atoms with Crippen LogP contribution in [0.4, 0.5) is 5.69 Å². The molecule has 0 bridgehead atoms. The summed E-state index contributed by atoms with van der Waals surface area (Å²) in [5.74, 6) is 0. The third-order valence-electron chi connectivity index (χ3n) is 2.18. The van der Waals surface area contributed by atoms with Gasteiger partial charge in [-0.05, 0) is 24.6 Å². The van der Waals surface area contributed by atoms with Crippen LogP contribution < -0.4 is 4.90 Å². The van der Waals surface area contributed by atoms with Crippen molar-refractivity contribution in [1.29, 1.82) is 0 Å². The van der Waals surface area contributed by atoms with Gasteiger partial charge in [0.2, 0.25) is 0 Å². The number of anilines is 1. The lowest BCUT2D eigenvalue weighted by atomic mass is 10.2. The van der Waals surface area contributed by atoms with Crippen molar-refractivity contribution >= 4 is 5.69 Å². The normalized spacial score (nSPS) is 8.94. The van der Waals surface area contributed by atoms with Gasteiger partial charge in [-0.3, -0.25) is 0 Å². The molecule has 0 heterocycles. The largest absolute Gasteiger partial charge is 0.378 e. The van der Waals surface area contributed by atoms with E-state index in [2.05, 4.69) is 50.2 Å². The zero-order valence-corrected chi connectivity index (χ0v) is 10.2. The minimum Gasteiger partial charge on any atom is -0.378 e. The summed E-state index contributed by atoms with van der Waals surface area (Å²) in [6.07, 6.45) is 0. The summed E-state index contributed by atoms with van der Waals surface area (Å²) in [6, 6.07) is 20.4. The molecule has 1 heteroatoms. The molecule has 0 amide bonds. The maximum Gasteiger partial charge on any atom is 0.0363 e. The predicted octanol–water partition coefficient (Wildman–Crippen LogP) is 3.75. The number of rotatable bonds is 1. The summed E-state index contributed by atoms with van der Waals surface area (Å²) < 4.78 is 0. The van der Waals surface area contributed by atoms with Crippen LogP contribution in [0.2, 0.25) is 0 Å². The van der Waals surface area contributed by atoms with Crippen molar-refractivity contribution < 1.29 is 0 Å². The number of nitrogens with zero attached hydrogens (tertiary/aromatic N) is 1. The number of benzene rings is 2. The molecule has 0 saturated heterocycles. The number of hydrogen-bond acceptors (Lipinski definition) is 1. The quantitative estimate of drug-likeness (QED) is 0.697. The first-order valence-corrected chi connectivity index (χ1v) is 5.44. The SMILES string of the molecule is Cc1cccc(N(C)C)c1.c1ccccc1. The molecule has 0 unspecified atom stereocenters. The summed E-state index contributed by atoms with van der Waals surface area (Å²) in [7, 11) is 4.10. The van der Waals surface area contributed by atoms with Gasteiger partial charge in [0, 0.05) is 19.8 Å². The molecule has 1 nitrogen and oxygen atoms in total. The Morgan fingerprint density at radius 1 is 0.750 bits per heavy atom. The Labute approximate surface area is 98.3 Å². The van der Waals surface area contributed by atoms with E-state index in [1.54, 1.807) is 0 Å². The minimum atomic E-state index is 1.26. The van der Waals surface area contributed by atoms with Gasteiger partial charge in [-0.25, -0.2) is 0 Å². The van der Waals surface area contributed by atoms with Crippen LogP contribution in [0, 0.1) is 6.92 Å². The monoisotopic (exact) mass is 213 g/mol. The molecular formula is C15H19N. The third-order valence-corrected chi connectivity index (χ3v) is 2.18. The van der Waals surface area contributed by atoms with Crippen molar-refractivity contribution in [2.75, 3.05) is 19.0 Å². The van der Waals surface area contributed by atoms with Gasteiger partial charge in [0.1, 0.15) is 0 Å². The molecule has 0 aromatic heterocycles. The fourth-order valence-electron chi connectivity index (χ4n) is 1.29. The molecular weight excluding hydrogens is 194 g/mol. The minimum absolute atomic E-state index is 1.26. The van der Waals surface area contributed by atoms with E-state index in [0.29, 0.717) is 0 Å². The Morgan fingerprint density at radius 2 is 1.25 bits per heavy atom. The summed E-state index contributed by atoms with van der Waals surface area (Å²) >= 11 is 0. The Hall–Kier alpha value is -1.76. The molecule has 0 fully saturated rings. The van der Waals surface area contributed by atoms with E-state index in [-0.39, 0.29) is 0 Å². The molecule has 16 heavy (non-hydrogen) atoms. The molecule has 0 spiro atoms. The van der Waals surface area contributed by atoms with Crippen LogP contribution in [0.15, 0.2) is 60.7 Å². The molecule has 2 aromatic carbocycles. The fourth-order valence-corrected chi connectivity index (χ4v) is 1.29. The van der Waals surface area contributed by atoms with Gasteiger partial charge in [-0.1, -0.05) is 48.5 Å². The molecule has 0 aliphatic carbocycles. The van der Waals surface area contributed by atoms with E-state index in [9.17, 15) is 0 Å². The van der Waals surface area contributed by atoms with E-state index in [0.717, 1.165) is 0 Å². The molecule has 0 aliphatic heterocycles. The summed E-state index contributed by atoms with van der Waals surface area (Å²) in [6.45, 7) is 2.10. The standard InChI is InChI=1S/C9H13N.C6H6/c1-8-5-4-6-9(7-8)10(2)3;1-2-4-6-5-3-1/h4-7H,1-3H3;1-6H. The van der Waals surface area contributed by atoms with E-state index >= 15 is 0 Å². The van der Waals surface area contributed by atoms with Crippen molar-refractivity contribution in [2.45, 2.75) is 6.92 Å². The van der Waals surface area contributed by atoms with Gasteiger partial charge >= 0.3 is 0 Å². The lowest BCUT2D eigenvalue weighted by Gasteiger charge is -2.11. The van der Waals surface area contributed by atoms with E-state index < -0.39 is 0 Å². The molecule has 2 aromatic rings. The highest BCUT2D eigenvalue weighted by Crippen LogP contribution is 2.11. The average molecular weight is 213 g/mol. The molecule has 0 aliphatic rings. The predicted molar refractivity (Wildman–Crippen MR) is 71.9 cm³/mol. The highest BCUT2D eigenvalue weighted by molar-refractivity contribution is 5.46. The molecule has 0 saturated carbocycles. The molecule has 0 atom stereocenters. The van der Waals surface area contributed by atoms with Gasteiger partial charge in [-0.2, -0.15) is 0 Å². The highest BCUT2D eigenvalue weighted by atomic mass is 15.1. The lowest BCUT2D eigenvalue weighted by molar-refractivity contribution is 1.13. The van der Waals surface area contributed by atoms with Crippen molar-refractivity contribution in [2.24, 2.45) is 0 Å². The second-order valence-electron chi connectivity index (χ2n) is 3.89. The second-order valence-corrected chi connectivity index (χ2v) is 3.89. The van der Waals surface area contributed by atoms with Crippen LogP contribution >= 0.6 is 0 Å². The molecule has 0 N–H and O–H groups in total. The van der Waals surface area contributed by atoms with Crippen molar-refractivity contribution in [3.63, 3.8) is 0 Å². The smallest absolute Gasteiger partial charge is 0.0363 e. The molecule has 0 radical (unpaired) electrons. The van der Waals surface area contributed by atoms with Gasteiger partial charge in [-0.15, -0.1) is 0 Å². The van der Waals surface area contributed by atoms with Crippen molar-refractivity contribution in [3.05, 3.63) is 66.2 Å². The van der Waals surface area contributed by atoms with E-state index in [1.807, 2.05) is 36.4 Å². The van der Waals surface area contributed by atoms with Gasteiger partial charge in [0.25, 0.3) is 0 Å². The first-order valence-electron chi connectivity index (χ1n) is 5.44. The average Bonchev–Trinajstić information content (AvgIpc) is 2.32. The summed E-state index contributed by atoms with van der Waals surface area (Å²) in [4.78, 5) is 2.10. The van der Waals surface area contributed by atoms with Gasteiger partial charge in [0.05, 0.1) is 0 Å². The zero-order chi connectivity index (χ0) is 11.8. The Morgan fingerprint density at radius 3 is 1.56 bits per heavy atom. The number of aryl methyl sites for hydroxylation is 1. The first kappa shape index (κ1) is 12.3.